The van der Waals surface area contributed by atoms with Gasteiger partial charge in [0.2, 0.25) is 24.5 Å². The Bertz CT molecular complexity index is 1380. The summed E-state index contributed by atoms with van der Waals surface area (Å²) < 4.78 is 10.8. The van der Waals surface area contributed by atoms with Gasteiger partial charge in [-0.2, -0.15) is 0 Å². The predicted octanol–water partition coefficient (Wildman–Crippen LogP) is 1.66. The van der Waals surface area contributed by atoms with Gasteiger partial charge in [-0.25, -0.2) is 0 Å². The molecule has 1 aliphatic carbocycles. The third-order valence-corrected chi connectivity index (χ3v) is 7.31. The Labute approximate surface area is 220 Å². The topological polar surface area (TPSA) is 148 Å². The number of aromatic nitrogens is 1. The van der Waals surface area contributed by atoms with E-state index < -0.39 is 23.4 Å². The van der Waals surface area contributed by atoms with E-state index in [1.807, 2.05) is 56.3 Å². The number of primary amides is 1. The van der Waals surface area contributed by atoms with E-state index in [-0.39, 0.29) is 25.2 Å². The van der Waals surface area contributed by atoms with E-state index in [0.29, 0.717) is 37.3 Å². The molecule has 0 saturated carbocycles. The second-order valence-corrected chi connectivity index (χ2v) is 10.3. The number of amides is 3. The van der Waals surface area contributed by atoms with E-state index in [9.17, 15) is 14.4 Å². The van der Waals surface area contributed by atoms with Crippen molar-refractivity contribution in [2.24, 2.45) is 11.7 Å². The first kappa shape index (κ1) is 25.6. The van der Waals surface area contributed by atoms with Crippen molar-refractivity contribution in [1.29, 1.82) is 0 Å². The number of ether oxygens (including phenoxy) is 2. The molecule has 38 heavy (non-hydrogen) atoms. The molecule has 6 N–H and O–H groups in total. The first-order chi connectivity index (χ1) is 18.3. The minimum Gasteiger partial charge on any atom is -0.454 e. The van der Waals surface area contributed by atoms with E-state index in [4.69, 9.17) is 15.2 Å². The van der Waals surface area contributed by atoms with Crippen LogP contribution in [-0.4, -0.2) is 47.6 Å². The lowest BCUT2D eigenvalue weighted by Gasteiger charge is -2.38. The molecule has 2 aromatic carbocycles. The third kappa shape index (κ3) is 5.04. The summed E-state index contributed by atoms with van der Waals surface area (Å²) in [6.07, 6.45) is 1.26. The lowest BCUT2D eigenvalue weighted by atomic mass is 9.78. The maximum absolute atomic E-state index is 13.8. The first-order valence-corrected chi connectivity index (χ1v) is 12.8. The molecule has 0 bridgehead atoms. The van der Waals surface area contributed by atoms with E-state index in [0.717, 1.165) is 27.7 Å². The van der Waals surface area contributed by atoms with Crippen LogP contribution in [0.3, 0.4) is 0 Å². The van der Waals surface area contributed by atoms with Crippen LogP contribution in [-0.2, 0) is 33.8 Å². The molecule has 1 aromatic heterocycles. The first-order valence-electron chi connectivity index (χ1n) is 12.8. The highest BCUT2D eigenvalue weighted by Gasteiger charge is 2.45. The number of nitrogens with one attached hydrogen (secondary N) is 4. The lowest BCUT2D eigenvalue weighted by molar-refractivity contribution is -0.136. The fourth-order valence-corrected chi connectivity index (χ4v) is 5.29. The van der Waals surface area contributed by atoms with Crippen LogP contribution < -0.4 is 31.2 Å². The Balaban J connectivity index is 1.33. The monoisotopic (exact) mass is 519 g/mol. The Morgan fingerprint density at radius 1 is 1.11 bits per heavy atom. The Morgan fingerprint density at radius 2 is 1.89 bits per heavy atom. The van der Waals surface area contributed by atoms with Crippen molar-refractivity contribution in [1.82, 2.24) is 20.9 Å². The molecule has 0 spiro atoms. The standard InChI is InChI=1S/C28H33N5O5/c1-16(2)25(26(29)35)32-27(36)28(10-9-21-19(12-28)18-5-3-4-6-20(18)31-21)33-24(34)14-30-13-17-7-8-22-23(11-17)38-15-37-22/h3-8,11,16,25,30-31H,9-10,12-15H2,1-2H3,(H2,29,35)(H,32,36)(H,33,34)/t25-,28+/m0/s1. The third-order valence-electron chi connectivity index (χ3n) is 7.31. The van der Waals surface area contributed by atoms with Crippen LogP contribution in [0.15, 0.2) is 42.5 Å². The summed E-state index contributed by atoms with van der Waals surface area (Å²) >= 11 is 0. The maximum atomic E-state index is 13.8. The van der Waals surface area contributed by atoms with Crippen molar-refractivity contribution in [3.8, 4) is 11.5 Å². The van der Waals surface area contributed by atoms with Crippen LogP contribution in [0.5, 0.6) is 11.5 Å². The highest BCUT2D eigenvalue weighted by Crippen LogP contribution is 2.35. The fraction of sp³-hybridized carbons (Fsp3) is 0.393. The summed E-state index contributed by atoms with van der Waals surface area (Å²) in [5.74, 6) is -0.151. The van der Waals surface area contributed by atoms with Gasteiger partial charge in [-0.3, -0.25) is 14.4 Å². The molecule has 5 rings (SSSR count). The van der Waals surface area contributed by atoms with Gasteiger partial charge in [0.05, 0.1) is 6.54 Å². The molecule has 0 unspecified atom stereocenters. The summed E-state index contributed by atoms with van der Waals surface area (Å²) in [7, 11) is 0. The molecule has 3 amide bonds. The minimum atomic E-state index is -1.22. The predicted molar refractivity (Wildman–Crippen MR) is 141 cm³/mol. The zero-order chi connectivity index (χ0) is 26.9. The number of aromatic amines is 1. The zero-order valence-corrected chi connectivity index (χ0v) is 21.6. The molecule has 2 heterocycles. The number of aryl methyl sites for hydroxylation is 1. The Kier molecular flexibility index (Phi) is 6.98. The van der Waals surface area contributed by atoms with Gasteiger partial charge >= 0.3 is 0 Å². The molecule has 0 radical (unpaired) electrons. The molecule has 10 heteroatoms. The van der Waals surface area contributed by atoms with Gasteiger partial charge in [-0.15, -0.1) is 0 Å². The number of carbonyl (C=O) groups excluding carboxylic acids is 3. The van der Waals surface area contributed by atoms with Crippen LogP contribution in [0.1, 0.15) is 37.1 Å². The quantitative estimate of drug-likeness (QED) is 0.290. The molecule has 0 saturated heterocycles. The van der Waals surface area contributed by atoms with Crippen molar-refractivity contribution in [2.45, 2.75) is 51.2 Å². The second-order valence-electron chi connectivity index (χ2n) is 10.3. The molecular weight excluding hydrogens is 486 g/mol. The number of rotatable bonds is 9. The zero-order valence-electron chi connectivity index (χ0n) is 21.6. The number of H-pyrrole nitrogens is 1. The summed E-state index contributed by atoms with van der Waals surface area (Å²) in [5, 5.41) is 10.00. The number of hydrogen-bond donors (Lipinski definition) is 5. The van der Waals surface area contributed by atoms with Crippen molar-refractivity contribution in [3.05, 3.63) is 59.3 Å². The van der Waals surface area contributed by atoms with Gasteiger partial charge in [0, 0.05) is 29.6 Å². The molecular formula is C28H33N5O5. The molecule has 10 nitrogen and oxygen atoms in total. The molecule has 200 valence electrons. The van der Waals surface area contributed by atoms with Crippen LogP contribution in [0.2, 0.25) is 0 Å². The Morgan fingerprint density at radius 3 is 2.68 bits per heavy atom. The lowest BCUT2D eigenvalue weighted by Crippen LogP contribution is -2.65. The summed E-state index contributed by atoms with van der Waals surface area (Å²) in [6.45, 7) is 4.28. The second kappa shape index (κ2) is 10.4. The van der Waals surface area contributed by atoms with Gasteiger partial charge in [0.15, 0.2) is 11.5 Å². The number of hydrogen-bond acceptors (Lipinski definition) is 6. The number of carbonyl (C=O) groups is 3. The average molecular weight is 520 g/mol. The van der Waals surface area contributed by atoms with Gasteiger partial charge < -0.3 is 36.1 Å². The fourth-order valence-electron chi connectivity index (χ4n) is 5.29. The van der Waals surface area contributed by atoms with Crippen molar-refractivity contribution in [2.75, 3.05) is 13.3 Å². The van der Waals surface area contributed by atoms with Crippen LogP contribution in [0.4, 0.5) is 0 Å². The normalized spacial score (nSPS) is 18.7. The highest BCUT2D eigenvalue weighted by molar-refractivity contribution is 5.96. The highest BCUT2D eigenvalue weighted by atomic mass is 16.7. The van der Waals surface area contributed by atoms with E-state index in [1.165, 1.54) is 0 Å². The largest absolute Gasteiger partial charge is 0.454 e. The maximum Gasteiger partial charge on any atom is 0.246 e. The minimum absolute atomic E-state index is 0.00758. The summed E-state index contributed by atoms with van der Waals surface area (Å²) in [4.78, 5) is 42.4. The number of nitrogens with two attached hydrogens (primary N) is 1. The van der Waals surface area contributed by atoms with E-state index >= 15 is 0 Å². The number of para-hydroxylation sites is 1. The smallest absolute Gasteiger partial charge is 0.246 e. The summed E-state index contributed by atoms with van der Waals surface area (Å²) in [6, 6.07) is 12.7. The molecule has 0 fully saturated rings. The van der Waals surface area contributed by atoms with E-state index in [2.05, 4.69) is 20.9 Å². The van der Waals surface area contributed by atoms with Crippen molar-refractivity contribution >= 4 is 28.6 Å². The molecule has 2 atom stereocenters. The molecule has 3 aromatic rings. The Hall–Kier alpha value is -4.05. The van der Waals surface area contributed by atoms with Gasteiger partial charge in [0.25, 0.3) is 0 Å². The van der Waals surface area contributed by atoms with Crippen molar-refractivity contribution < 1.29 is 23.9 Å². The van der Waals surface area contributed by atoms with Gasteiger partial charge in [0.1, 0.15) is 11.6 Å². The molecule has 1 aliphatic heterocycles. The average Bonchev–Trinajstić information content (AvgIpc) is 3.50. The molecule has 2 aliphatic rings. The van der Waals surface area contributed by atoms with E-state index in [1.54, 1.807) is 0 Å². The van der Waals surface area contributed by atoms with Gasteiger partial charge in [-0.1, -0.05) is 38.1 Å². The summed E-state index contributed by atoms with van der Waals surface area (Å²) in [5.41, 5.74) is 8.33. The van der Waals surface area contributed by atoms with Crippen LogP contribution in [0, 0.1) is 5.92 Å². The number of benzene rings is 2. The van der Waals surface area contributed by atoms with Crippen LogP contribution in [0.25, 0.3) is 10.9 Å². The number of fused-ring (bicyclic) bond motifs is 4. The van der Waals surface area contributed by atoms with Gasteiger partial charge in [-0.05, 0) is 48.1 Å². The van der Waals surface area contributed by atoms with Crippen molar-refractivity contribution in [3.63, 3.8) is 0 Å². The SMILES string of the molecule is CC(C)[C@H](NC(=O)[C@@]1(NC(=O)CNCc2ccc3c(c2)OCO3)CCc2[nH]c3ccccc3c2C1)C(N)=O. The van der Waals surface area contributed by atoms with Crippen LogP contribution >= 0.6 is 0 Å².